The Morgan fingerprint density at radius 3 is 2.50 bits per heavy atom. The third kappa shape index (κ3) is 3.75. The van der Waals surface area contributed by atoms with Crippen LogP contribution in [0.25, 0.3) is 0 Å². The maximum absolute atomic E-state index is 10.9. The van der Waals surface area contributed by atoms with Crippen molar-refractivity contribution in [2.45, 2.75) is 13.0 Å². The van der Waals surface area contributed by atoms with Gasteiger partial charge in [0.05, 0.1) is 0 Å². The van der Waals surface area contributed by atoms with E-state index in [0.717, 1.165) is 0 Å². The third-order valence-corrected chi connectivity index (χ3v) is 1.67. The Morgan fingerprint density at radius 2 is 1.93 bits per heavy atom. The minimum absolute atomic E-state index is 0.445. The predicted octanol–water partition coefficient (Wildman–Crippen LogP) is 0.0790. The summed E-state index contributed by atoms with van der Waals surface area (Å²) in [6.07, 6.45) is 3.29. The molecule has 1 heterocycles. The standard InChI is InChI=1S/C9H12N2O3/c12-8(7-9(13)14)10-3-6-11-4-1-2-5-11/h1-2,4-5H,3,6-7H2,(H,10,12)(H,13,14). The topological polar surface area (TPSA) is 71.3 Å². The Labute approximate surface area is 81.3 Å². The molecular weight excluding hydrogens is 184 g/mol. The Hall–Kier alpha value is -1.78. The monoisotopic (exact) mass is 196 g/mol. The number of nitrogens with one attached hydrogen (secondary N) is 1. The highest BCUT2D eigenvalue weighted by molar-refractivity contribution is 5.93. The number of nitrogens with zero attached hydrogens (tertiary/aromatic N) is 1. The van der Waals surface area contributed by atoms with Crippen molar-refractivity contribution in [3.05, 3.63) is 24.5 Å². The van der Waals surface area contributed by atoms with Crippen molar-refractivity contribution in [3.63, 3.8) is 0 Å². The van der Waals surface area contributed by atoms with Gasteiger partial charge in [0.25, 0.3) is 0 Å². The van der Waals surface area contributed by atoms with Crippen molar-refractivity contribution >= 4 is 11.9 Å². The molecule has 5 nitrogen and oxygen atoms in total. The average Bonchev–Trinajstić information content (AvgIpc) is 2.55. The fourth-order valence-electron chi connectivity index (χ4n) is 1.04. The molecule has 2 N–H and O–H groups in total. The van der Waals surface area contributed by atoms with Crippen molar-refractivity contribution in [2.75, 3.05) is 6.54 Å². The number of rotatable bonds is 5. The van der Waals surface area contributed by atoms with Crippen LogP contribution in [-0.4, -0.2) is 28.1 Å². The predicted molar refractivity (Wildman–Crippen MR) is 49.7 cm³/mol. The molecule has 0 aliphatic rings. The molecule has 0 bridgehead atoms. The normalized spacial score (nSPS) is 9.71. The minimum atomic E-state index is -1.11. The number of carboxylic acids is 1. The van der Waals surface area contributed by atoms with Gasteiger partial charge < -0.3 is 15.0 Å². The molecule has 0 saturated carbocycles. The van der Waals surface area contributed by atoms with Gasteiger partial charge in [0.15, 0.2) is 0 Å². The second kappa shape index (κ2) is 5.06. The lowest BCUT2D eigenvalue weighted by Crippen LogP contribution is -2.28. The van der Waals surface area contributed by atoms with Crippen LogP contribution in [0.2, 0.25) is 0 Å². The molecule has 0 aliphatic carbocycles. The zero-order chi connectivity index (χ0) is 10.4. The van der Waals surface area contributed by atoms with Crippen molar-refractivity contribution in [2.24, 2.45) is 0 Å². The van der Waals surface area contributed by atoms with E-state index in [1.807, 2.05) is 29.1 Å². The van der Waals surface area contributed by atoms with Crippen LogP contribution in [0.1, 0.15) is 6.42 Å². The van der Waals surface area contributed by atoms with E-state index in [4.69, 9.17) is 5.11 Å². The molecule has 0 spiro atoms. The van der Waals surface area contributed by atoms with E-state index in [1.54, 1.807) is 0 Å². The van der Waals surface area contributed by atoms with E-state index in [-0.39, 0.29) is 0 Å². The summed E-state index contributed by atoms with van der Waals surface area (Å²) in [5.74, 6) is -1.56. The molecule has 0 radical (unpaired) electrons. The van der Waals surface area contributed by atoms with Gasteiger partial charge in [-0.05, 0) is 12.1 Å². The quantitative estimate of drug-likeness (QED) is 0.655. The number of carbonyl (C=O) groups excluding carboxylic acids is 1. The fourth-order valence-corrected chi connectivity index (χ4v) is 1.04. The van der Waals surface area contributed by atoms with Crippen LogP contribution in [-0.2, 0) is 16.1 Å². The first-order chi connectivity index (χ1) is 6.68. The fraction of sp³-hybridized carbons (Fsp3) is 0.333. The number of hydrogen-bond acceptors (Lipinski definition) is 2. The van der Waals surface area contributed by atoms with Gasteiger partial charge in [0, 0.05) is 25.5 Å². The highest BCUT2D eigenvalue weighted by atomic mass is 16.4. The Bertz CT molecular complexity index is 306. The molecular formula is C9H12N2O3. The van der Waals surface area contributed by atoms with Crippen LogP contribution in [0, 0.1) is 0 Å². The minimum Gasteiger partial charge on any atom is -0.481 e. The maximum atomic E-state index is 10.9. The zero-order valence-corrected chi connectivity index (χ0v) is 7.64. The lowest BCUT2D eigenvalue weighted by atomic mass is 10.4. The summed E-state index contributed by atoms with van der Waals surface area (Å²) in [5.41, 5.74) is 0. The van der Waals surface area contributed by atoms with Gasteiger partial charge in [-0.15, -0.1) is 0 Å². The third-order valence-electron chi connectivity index (χ3n) is 1.67. The summed E-state index contributed by atoms with van der Waals surface area (Å²) in [4.78, 5) is 21.0. The SMILES string of the molecule is O=C(O)CC(=O)NCCn1cccc1. The highest BCUT2D eigenvalue weighted by Gasteiger charge is 2.05. The highest BCUT2D eigenvalue weighted by Crippen LogP contribution is 1.88. The van der Waals surface area contributed by atoms with Gasteiger partial charge in [-0.3, -0.25) is 9.59 Å². The van der Waals surface area contributed by atoms with Gasteiger partial charge in [-0.2, -0.15) is 0 Å². The molecule has 0 aliphatic heterocycles. The molecule has 14 heavy (non-hydrogen) atoms. The largest absolute Gasteiger partial charge is 0.481 e. The van der Waals surface area contributed by atoms with Crippen LogP contribution < -0.4 is 5.32 Å². The van der Waals surface area contributed by atoms with Gasteiger partial charge in [0.1, 0.15) is 6.42 Å². The van der Waals surface area contributed by atoms with E-state index >= 15 is 0 Å². The van der Waals surface area contributed by atoms with Crippen molar-refractivity contribution in [1.29, 1.82) is 0 Å². The first-order valence-electron chi connectivity index (χ1n) is 4.28. The summed E-state index contributed by atoms with van der Waals surface area (Å²) < 4.78 is 1.90. The van der Waals surface area contributed by atoms with Gasteiger partial charge in [-0.1, -0.05) is 0 Å². The van der Waals surface area contributed by atoms with Gasteiger partial charge in [-0.25, -0.2) is 0 Å². The van der Waals surface area contributed by atoms with Crippen LogP contribution in [0.15, 0.2) is 24.5 Å². The van der Waals surface area contributed by atoms with Gasteiger partial charge in [0.2, 0.25) is 5.91 Å². The molecule has 1 aromatic heterocycles. The van der Waals surface area contributed by atoms with Crippen LogP contribution in [0.3, 0.4) is 0 Å². The number of aromatic nitrogens is 1. The lowest BCUT2D eigenvalue weighted by Gasteiger charge is -2.04. The summed E-state index contributed by atoms with van der Waals surface area (Å²) in [6.45, 7) is 1.10. The first-order valence-corrected chi connectivity index (χ1v) is 4.28. The van der Waals surface area contributed by atoms with E-state index < -0.39 is 18.3 Å². The summed E-state index contributed by atoms with van der Waals surface area (Å²) in [6, 6.07) is 3.78. The molecule has 0 unspecified atom stereocenters. The summed E-state index contributed by atoms with van der Waals surface area (Å²) in [5, 5.41) is 10.8. The molecule has 0 saturated heterocycles. The molecule has 1 aromatic rings. The van der Waals surface area contributed by atoms with Crippen LogP contribution in [0.4, 0.5) is 0 Å². The Morgan fingerprint density at radius 1 is 1.29 bits per heavy atom. The molecule has 0 atom stereocenters. The van der Waals surface area contributed by atoms with Crippen molar-refractivity contribution in [1.82, 2.24) is 9.88 Å². The van der Waals surface area contributed by atoms with Crippen molar-refractivity contribution in [3.8, 4) is 0 Å². The van der Waals surface area contributed by atoms with E-state index in [1.165, 1.54) is 0 Å². The number of carboxylic acid groups (broad SMARTS) is 1. The van der Waals surface area contributed by atoms with E-state index in [2.05, 4.69) is 5.32 Å². The second-order valence-electron chi connectivity index (χ2n) is 2.84. The first kappa shape index (κ1) is 10.3. The summed E-state index contributed by atoms with van der Waals surface area (Å²) in [7, 11) is 0. The molecule has 1 amide bonds. The Balaban J connectivity index is 2.15. The number of carbonyl (C=O) groups is 2. The van der Waals surface area contributed by atoms with Gasteiger partial charge >= 0.3 is 5.97 Å². The molecule has 1 rings (SSSR count). The maximum Gasteiger partial charge on any atom is 0.312 e. The smallest absolute Gasteiger partial charge is 0.312 e. The molecule has 0 aromatic carbocycles. The van der Waals surface area contributed by atoms with Crippen LogP contribution >= 0.6 is 0 Å². The number of amides is 1. The molecule has 0 fully saturated rings. The number of hydrogen-bond donors (Lipinski definition) is 2. The second-order valence-corrected chi connectivity index (χ2v) is 2.84. The van der Waals surface area contributed by atoms with Crippen LogP contribution in [0.5, 0.6) is 0 Å². The van der Waals surface area contributed by atoms with E-state index in [0.29, 0.717) is 13.1 Å². The van der Waals surface area contributed by atoms with E-state index in [9.17, 15) is 9.59 Å². The lowest BCUT2D eigenvalue weighted by molar-refractivity contribution is -0.140. The van der Waals surface area contributed by atoms with Crippen molar-refractivity contribution < 1.29 is 14.7 Å². The molecule has 76 valence electrons. The summed E-state index contributed by atoms with van der Waals surface area (Å²) >= 11 is 0. The average molecular weight is 196 g/mol. The molecule has 5 heteroatoms. The Kier molecular flexibility index (Phi) is 3.72. The zero-order valence-electron chi connectivity index (χ0n) is 7.64. The number of aliphatic carboxylic acids is 1.